The monoisotopic (exact) mass is 312 g/mol. The van der Waals surface area contributed by atoms with Gasteiger partial charge < -0.3 is 15.4 Å². The lowest BCUT2D eigenvalue weighted by Crippen LogP contribution is -2.36. The van der Waals surface area contributed by atoms with Crippen LogP contribution in [0.4, 0.5) is 5.00 Å². The van der Waals surface area contributed by atoms with E-state index < -0.39 is 0 Å². The second-order valence-corrected chi connectivity index (χ2v) is 6.43. The number of methoxy groups -OCH3 is 1. The van der Waals surface area contributed by atoms with Crippen molar-refractivity contribution in [2.24, 2.45) is 0 Å². The summed E-state index contributed by atoms with van der Waals surface area (Å²) in [5.41, 5.74) is 0.560. The minimum absolute atomic E-state index is 0.327. The van der Waals surface area contributed by atoms with Crippen molar-refractivity contribution in [1.29, 1.82) is 0 Å². The van der Waals surface area contributed by atoms with Crippen molar-refractivity contribution in [3.05, 3.63) is 16.5 Å². The van der Waals surface area contributed by atoms with Gasteiger partial charge >= 0.3 is 5.97 Å². The molecule has 0 aliphatic heterocycles. The number of rotatable bonds is 4. The molecule has 0 radical (unpaired) electrons. The maximum Gasteiger partial charge on any atom is 0.340 e. The first kappa shape index (κ1) is 15.3. The lowest BCUT2D eigenvalue weighted by Gasteiger charge is -2.15. The van der Waals surface area contributed by atoms with Gasteiger partial charge in [-0.25, -0.2) is 4.79 Å². The van der Waals surface area contributed by atoms with Crippen LogP contribution in [0.2, 0.25) is 0 Å². The Labute approximate surface area is 128 Å². The van der Waals surface area contributed by atoms with Crippen molar-refractivity contribution in [2.75, 3.05) is 12.4 Å². The summed E-state index contributed by atoms with van der Waals surface area (Å²) < 4.78 is 4.81. The molecule has 0 saturated heterocycles. The van der Waals surface area contributed by atoms with E-state index in [1.54, 1.807) is 11.3 Å². The molecule has 4 nitrogen and oxygen atoms in total. The first-order valence-electron chi connectivity index (χ1n) is 6.92. The fourth-order valence-electron chi connectivity index (χ4n) is 2.37. The van der Waals surface area contributed by atoms with E-state index in [0.29, 0.717) is 16.7 Å². The summed E-state index contributed by atoms with van der Waals surface area (Å²) in [5, 5.41) is 7.82. The highest BCUT2D eigenvalue weighted by atomic mass is 32.1. The van der Waals surface area contributed by atoms with Crippen LogP contribution in [-0.2, 0) is 11.2 Å². The number of anilines is 1. The number of hydrogen-bond donors (Lipinski definition) is 2. The SMILES string of the molecule is CCc1cc(C(=O)OC)c(NC(=S)NC2CCCC2)s1. The van der Waals surface area contributed by atoms with Gasteiger partial charge in [0, 0.05) is 10.9 Å². The van der Waals surface area contributed by atoms with Crippen LogP contribution in [0.1, 0.15) is 47.8 Å². The molecule has 0 bridgehead atoms. The fourth-order valence-corrected chi connectivity index (χ4v) is 3.69. The van der Waals surface area contributed by atoms with Crippen LogP contribution in [0.3, 0.4) is 0 Å². The zero-order valence-corrected chi connectivity index (χ0v) is 13.5. The third-order valence-corrected chi connectivity index (χ3v) is 4.87. The molecule has 1 aliphatic rings. The highest BCUT2D eigenvalue weighted by Gasteiger charge is 2.19. The molecule has 110 valence electrons. The predicted molar refractivity (Wildman–Crippen MR) is 86.6 cm³/mol. The molecule has 2 rings (SSSR count). The summed E-state index contributed by atoms with van der Waals surface area (Å²) in [5.74, 6) is -0.327. The number of hydrogen-bond acceptors (Lipinski definition) is 4. The number of thiophene rings is 1. The summed E-state index contributed by atoms with van der Waals surface area (Å²) in [7, 11) is 1.39. The molecule has 0 amide bonds. The Morgan fingerprint density at radius 1 is 1.50 bits per heavy atom. The lowest BCUT2D eigenvalue weighted by atomic mass is 10.2. The Hall–Kier alpha value is -1.14. The van der Waals surface area contributed by atoms with Crippen LogP contribution in [0.5, 0.6) is 0 Å². The number of carbonyl (C=O) groups excluding carboxylic acids is 1. The Kier molecular flexibility index (Phi) is 5.37. The minimum atomic E-state index is -0.327. The normalized spacial score (nSPS) is 15.1. The zero-order chi connectivity index (χ0) is 14.5. The molecule has 20 heavy (non-hydrogen) atoms. The Morgan fingerprint density at radius 3 is 2.80 bits per heavy atom. The third kappa shape index (κ3) is 3.70. The van der Waals surface area contributed by atoms with E-state index in [2.05, 4.69) is 17.6 Å². The van der Waals surface area contributed by atoms with Gasteiger partial charge in [-0.1, -0.05) is 19.8 Å². The standard InChI is InChI=1S/C14H20N2O2S2/c1-3-10-8-11(13(17)18-2)12(20-10)16-14(19)15-9-6-4-5-7-9/h8-9H,3-7H2,1-2H3,(H2,15,16,19). The van der Waals surface area contributed by atoms with Gasteiger partial charge in [0.25, 0.3) is 0 Å². The highest BCUT2D eigenvalue weighted by molar-refractivity contribution is 7.80. The van der Waals surface area contributed by atoms with Gasteiger partial charge in [0.05, 0.1) is 12.7 Å². The van der Waals surface area contributed by atoms with Crippen molar-refractivity contribution in [1.82, 2.24) is 5.32 Å². The van der Waals surface area contributed by atoms with E-state index in [-0.39, 0.29) is 5.97 Å². The Balaban J connectivity index is 2.05. The van der Waals surface area contributed by atoms with Gasteiger partial charge in [-0.15, -0.1) is 11.3 Å². The molecule has 0 unspecified atom stereocenters. The van der Waals surface area contributed by atoms with Gasteiger partial charge in [0.2, 0.25) is 0 Å². The molecule has 1 aromatic rings. The van der Waals surface area contributed by atoms with E-state index in [1.807, 2.05) is 6.07 Å². The van der Waals surface area contributed by atoms with Gasteiger partial charge in [-0.2, -0.15) is 0 Å². The quantitative estimate of drug-likeness (QED) is 0.660. The third-order valence-electron chi connectivity index (χ3n) is 3.45. The number of esters is 1. The van der Waals surface area contributed by atoms with Gasteiger partial charge in [-0.05, 0) is 37.5 Å². The average Bonchev–Trinajstić information content (AvgIpc) is 3.07. The van der Waals surface area contributed by atoms with E-state index in [4.69, 9.17) is 17.0 Å². The summed E-state index contributed by atoms with van der Waals surface area (Å²) in [6, 6.07) is 2.33. The van der Waals surface area contributed by atoms with Crippen molar-refractivity contribution in [3.63, 3.8) is 0 Å². The van der Waals surface area contributed by atoms with Crippen LogP contribution < -0.4 is 10.6 Å². The molecule has 0 aromatic carbocycles. The first-order chi connectivity index (χ1) is 9.63. The minimum Gasteiger partial charge on any atom is -0.465 e. The van der Waals surface area contributed by atoms with Crippen molar-refractivity contribution in [3.8, 4) is 0 Å². The maximum atomic E-state index is 11.8. The van der Waals surface area contributed by atoms with Crippen LogP contribution in [0, 0.1) is 0 Å². The number of carbonyl (C=O) groups is 1. The van der Waals surface area contributed by atoms with E-state index >= 15 is 0 Å². The van der Waals surface area contributed by atoms with Crippen molar-refractivity contribution in [2.45, 2.75) is 45.1 Å². The molecule has 0 atom stereocenters. The molecular weight excluding hydrogens is 292 g/mol. The Morgan fingerprint density at radius 2 is 2.20 bits per heavy atom. The predicted octanol–water partition coefficient (Wildman–Crippen LogP) is 3.33. The molecule has 1 saturated carbocycles. The summed E-state index contributed by atoms with van der Waals surface area (Å²) in [6.45, 7) is 2.06. The molecule has 1 aliphatic carbocycles. The molecular formula is C14H20N2O2S2. The molecule has 2 N–H and O–H groups in total. The largest absolute Gasteiger partial charge is 0.465 e. The second-order valence-electron chi connectivity index (χ2n) is 4.88. The van der Waals surface area contributed by atoms with Gasteiger partial charge in [-0.3, -0.25) is 0 Å². The molecule has 6 heteroatoms. The van der Waals surface area contributed by atoms with Crippen LogP contribution >= 0.6 is 23.6 Å². The van der Waals surface area contributed by atoms with Crippen molar-refractivity contribution < 1.29 is 9.53 Å². The molecule has 0 spiro atoms. The number of ether oxygens (including phenoxy) is 1. The topological polar surface area (TPSA) is 50.4 Å². The van der Waals surface area contributed by atoms with Crippen LogP contribution in [-0.4, -0.2) is 24.2 Å². The van der Waals surface area contributed by atoms with E-state index in [1.165, 1.54) is 20.0 Å². The second kappa shape index (κ2) is 7.04. The average molecular weight is 312 g/mol. The molecule has 1 fully saturated rings. The number of aryl methyl sites for hydroxylation is 1. The zero-order valence-electron chi connectivity index (χ0n) is 11.8. The summed E-state index contributed by atoms with van der Waals surface area (Å²) in [6.07, 6.45) is 5.73. The maximum absolute atomic E-state index is 11.8. The Bertz CT molecular complexity index is 493. The van der Waals surface area contributed by atoms with Gasteiger partial charge in [0.15, 0.2) is 5.11 Å². The van der Waals surface area contributed by atoms with E-state index in [9.17, 15) is 4.79 Å². The fraction of sp³-hybridized carbons (Fsp3) is 0.571. The van der Waals surface area contributed by atoms with Crippen molar-refractivity contribution >= 4 is 39.6 Å². The number of nitrogens with one attached hydrogen (secondary N) is 2. The molecule has 1 heterocycles. The summed E-state index contributed by atoms with van der Waals surface area (Å²) in [4.78, 5) is 12.9. The first-order valence-corrected chi connectivity index (χ1v) is 8.15. The summed E-state index contributed by atoms with van der Waals surface area (Å²) >= 11 is 6.88. The van der Waals surface area contributed by atoms with Gasteiger partial charge in [0.1, 0.15) is 5.00 Å². The van der Waals surface area contributed by atoms with E-state index in [0.717, 1.165) is 29.1 Å². The lowest BCUT2D eigenvalue weighted by molar-refractivity contribution is 0.0602. The highest BCUT2D eigenvalue weighted by Crippen LogP contribution is 2.29. The smallest absolute Gasteiger partial charge is 0.340 e. The van der Waals surface area contributed by atoms with Crippen LogP contribution in [0.25, 0.3) is 0 Å². The van der Waals surface area contributed by atoms with Crippen LogP contribution in [0.15, 0.2) is 6.07 Å². The molecule has 1 aromatic heterocycles. The number of thiocarbonyl (C=S) groups is 1.